The smallest absolute Gasteiger partial charge is 0.135 e. The summed E-state index contributed by atoms with van der Waals surface area (Å²) < 4.78 is 11.0. The summed E-state index contributed by atoms with van der Waals surface area (Å²) in [5.41, 5.74) is 2.91. The van der Waals surface area contributed by atoms with Gasteiger partial charge in [-0.15, -0.1) is 0 Å². The van der Waals surface area contributed by atoms with Crippen LogP contribution in [0.15, 0.2) is 42.5 Å². The monoisotopic (exact) mass is 282 g/mol. The Hall–Kier alpha value is -2.44. The van der Waals surface area contributed by atoms with Gasteiger partial charge in [-0.3, -0.25) is 0 Å². The van der Waals surface area contributed by atoms with E-state index in [9.17, 15) is 0 Å². The molecule has 0 aliphatic heterocycles. The summed E-state index contributed by atoms with van der Waals surface area (Å²) in [6, 6.07) is 13.6. The Morgan fingerprint density at radius 2 is 2.00 bits per heavy atom. The molecule has 0 heterocycles. The first-order chi connectivity index (χ1) is 10.2. The van der Waals surface area contributed by atoms with Gasteiger partial charge < -0.3 is 14.6 Å². The highest BCUT2D eigenvalue weighted by Crippen LogP contribution is 2.21. The molecule has 0 unspecified atom stereocenters. The predicted molar refractivity (Wildman–Crippen MR) is 82.5 cm³/mol. The van der Waals surface area contributed by atoms with Crippen molar-refractivity contribution in [2.24, 2.45) is 0 Å². The van der Waals surface area contributed by atoms with Crippen LogP contribution in [-0.4, -0.2) is 18.8 Å². The summed E-state index contributed by atoms with van der Waals surface area (Å²) in [7, 11) is 1.64. The van der Waals surface area contributed by atoms with E-state index in [4.69, 9.17) is 14.6 Å². The van der Waals surface area contributed by atoms with Crippen LogP contribution in [0, 0.1) is 18.8 Å². The summed E-state index contributed by atoms with van der Waals surface area (Å²) in [5.74, 6) is 7.09. The van der Waals surface area contributed by atoms with Crippen molar-refractivity contribution in [3.05, 3.63) is 59.2 Å². The summed E-state index contributed by atoms with van der Waals surface area (Å²) in [5, 5.41) is 8.83. The molecular weight excluding hydrogens is 264 g/mol. The third-order valence-corrected chi connectivity index (χ3v) is 2.97. The van der Waals surface area contributed by atoms with Crippen molar-refractivity contribution < 1.29 is 14.6 Å². The Morgan fingerprint density at radius 1 is 1.14 bits per heavy atom. The molecule has 0 aliphatic rings. The number of aliphatic hydroxyl groups excluding tert-OH is 1. The van der Waals surface area contributed by atoms with Crippen molar-refractivity contribution in [2.75, 3.05) is 13.7 Å². The van der Waals surface area contributed by atoms with Crippen LogP contribution >= 0.6 is 0 Å². The Bertz CT molecular complexity index is 666. The standard InChI is InChI=1S/C18H18O3/c1-14-8-9-18(16(11-14)6-4-10-19)21-13-15-5-3-7-17(12-15)20-2/h3,5,7-9,11-12,19H,10,13H2,1-2H3. The van der Waals surface area contributed by atoms with E-state index >= 15 is 0 Å². The Kier molecular flexibility index (Phi) is 5.25. The van der Waals surface area contributed by atoms with Crippen LogP contribution < -0.4 is 9.47 Å². The normalized spacial score (nSPS) is 9.67. The Balaban J connectivity index is 2.15. The van der Waals surface area contributed by atoms with Crippen molar-refractivity contribution in [1.82, 2.24) is 0 Å². The van der Waals surface area contributed by atoms with Crippen LogP contribution in [0.2, 0.25) is 0 Å². The molecule has 3 nitrogen and oxygen atoms in total. The molecule has 0 fully saturated rings. The van der Waals surface area contributed by atoms with Gasteiger partial charge in [0.15, 0.2) is 0 Å². The van der Waals surface area contributed by atoms with Gasteiger partial charge in [-0.2, -0.15) is 0 Å². The number of benzene rings is 2. The van der Waals surface area contributed by atoms with Gasteiger partial charge >= 0.3 is 0 Å². The van der Waals surface area contributed by atoms with Crippen molar-refractivity contribution in [3.8, 4) is 23.3 Å². The van der Waals surface area contributed by atoms with E-state index in [1.165, 1.54) is 0 Å². The average Bonchev–Trinajstić information content (AvgIpc) is 2.52. The van der Waals surface area contributed by atoms with E-state index in [1.807, 2.05) is 49.4 Å². The maximum Gasteiger partial charge on any atom is 0.135 e. The number of aryl methyl sites for hydroxylation is 1. The minimum absolute atomic E-state index is 0.163. The lowest BCUT2D eigenvalue weighted by atomic mass is 10.1. The number of hydrogen-bond donors (Lipinski definition) is 1. The summed E-state index contributed by atoms with van der Waals surface area (Å²) in [6.45, 7) is 2.27. The second-order valence-corrected chi connectivity index (χ2v) is 4.60. The van der Waals surface area contributed by atoms with Crippen molar-refractivity contribution in [2.45, 2.75) is 13.5 Å². The second-order valence-electron chi connectivity index (χ2n) is 4.60. The quantitative estimate of drug-likeness (QED) is 0.876. The first-order valence-corrected chi connectivity index (χ1v) is 6.69. The van der Waals surface area contributed by atoms with E-state index < -0.39 is 0 Å². The average molecular weight is 282 g/mol. The van der Waals surface area contributed by atoms with Gasteiger partial charge in [-0.25, -0.2) is 0 Å². The maximum atomic E-state index is 8.83. The molecule has 2 aromatic rings. The Labute approximate surface area is 125 Å². The minimum atomic E-state index is -0.163. The van der Waals surface area contributed by atoms with Gasteiger partial charge in [0.1, 0.15) is 24.7 Å². The zero-order valence-electron chi connectivity index (χ0n) is 12.2. The van der Waals surface area contributed by atoms with Crippen LogP contribution in [-0.2, 0) is 6.61 Å². The molecule has 0 aromatic heterocycles. The molecule has 0 saturated carbocycles. The molecule has 0 spiro atoms. The molecule has 108 valence electrons. The fourth-order valence-corrected chi connectivity index (χ4v) is 1.93. The fraction of sp³-hybridized carbons (Fsp3) is 0.222. The van der Waals surface area contributed by atoms with Crippen LogP contribution in [0.25, 0.3) is 0 Å². The minimum Gasteiger partial charge on any atom is -0.497 e. The maximum absolute atomic E-state index is 8.83. The molecule has 0 bridgehead atoms. The van der Waals surface area contributed by atoms with Gasteiger partial charge in [0.05, 0.1) is 12.7 Å². The SMILES string of the molecule is COc1cccc(COc2ccc(C)cc2C#CCO)c1. The Morgan fingerprint density at radius 3 is 2.76 bits per heavy atom. The number of hydrogen-bond acceptors (Lipinski definition) is 3. The molecule has 0 saturated heterocycles. The molecule has 0 atom stereocenters. The number of methoxy groups -OCH3 is 1. The van der Waals surface area contributed by atoms with Crippen molar-refractivity contribution in [1.29, 1.82) is 0 Å². The van der Waals surface area contributed by atoms with Gasteiger partial charge in [-0.05, 0) is 42.3 Å². The topological polar surface area (TPSA) is 38.7 Å². The van der Waals surface area contributed by atoms with Crippen LogP contribution in [0.4, 0.5) is 0 Å². The van der Waals surface area contributed by atoms with Crippen LogP contribution in [0.5, 0.6) is 11.5 Å². The summed E-state index contributed by atoms with van der Waals surface area (Å²) >= 11 is 0. The highest BCUT2D eigenvalue weighted by Gasteiger charge is 2.03. The van der Waals surface area contributed by atoms with E-state index in [1.54, 1.807) is 7.11 Å². The highest BCUT2D eigenvalue weighted by molar-refractivity contribution is 5.48. The van der Waals surface area contributed by atoms with E-state index in [2.05, 4.69) is 11.8 Å². The first-order valence-electron chi connectivity index (χ1n) is 6.69. The van der Waals surface area contributed by atoms with Crippen molar-refractivity contribution >= 4 is 0 Å². The summed E-state index contributed by atoms with van der Waals surface area (Å²) in [4.78, 5) is 0. The lowest BCUT2D eigenvalue weighted by molar-refractivity contribution is 0.304. The molecular formula is C18H18O3. The third kappa shape index (κ3) is 4.27. The van der Waals surface area contributed by atoms with Crippen LogP contribution in [0.1, 0.15) is 16.7 Å². The second kappa shape index (κ2) is 7.37. The number of ether oxygens (including phenoxy) is 2. The molecule has 0 amide bonds. The van der Waals surface area contributed by atoms with E-state index in [-0.39, 0.29) is 6.61 Å². The molecule has 1 N–H and O–H groups in total. The van der Waals surface area contributed by atoms with Crippen molar-refractivity contribution in [3.63, 3.8) is 0 Å². The van der Waals surface area contributed by atoms with E-state index in [0.717, 1.165) is 22.4 Å². The van der Waals surface area contributed by atoms with Crippen LogP contribution in [0.3, 0.4) is 0 Å². The molecule has 0 radical (unpaired) electrons. The lowest BCUT2D eigenvalue weighted by Gasteiger charge is -2.10. The molecule has 2 rings (SSSR count). The lowest BCUT2D eigenvalue weighted by Crippen LogP contribution is -1.98. The fourth-order valence-electron chi connectivity index (χ4n) is 1.93. The highest BCUT2D eigenvalue weighted by atomic mass is 16.5. The van der Waals surface area contributed by atoms with Gasteiger partial charge in [0.25, 0.3) is 0 Å². The number of aliphatic hydroxyl groups is 1. The zero-order chi connectivity index (χ0) is 15.1. The van der Waals surface area contributed by atoms with Gasteiger partial charge in [0.2, 0.25) is 0 Å². The molecule has 3 heteroatoms. The zero-order valence-corrected chi connectivity index (χ0v) is 12.2. The molecule has 2 aromatic carbocycles. The molecule has 0 aliphatic carbocycles. The molecule has 21 heavy (non-hydrogen) atoms. The summed E-state index contributed by atoms with van der Waals surface area (Å²) in [6.07, 6.45) is 0. The first kappa shape index (κ1) is 15.0. The number of rotatable bonds is 4. The van der Waals surface area contributed by atoms with Gasteiger partial charge in [0, 0.05) is 0 Å². The largest absolute Gasteiger partial charge is 0.497 e. The van der Waals surface area contributed by atoms with Gasteiger partial charge in [-0.1, -0.05) is 30.0 Å². The van der Waals surface area contributed by atoms with E-state index in [0.29, 0.717) is 12.4 Å². The predicted octanol–water partition coefficient (Wildman–Crippen LogP) is 2.93. The third-order valence-electron chi connectivity index (χ3n) is 2.97.